The van der Waals surface area contributed by atoms with Gasteiger partial charge < -0.3 is 11.5 Å². The van der Waals surface area contributed by atoms with E-state index >= 15 is 0 Å². The molecule has 0 amide bonds. The molecule has 4 N–H and O–H groups in total. The first-order chi connectivity index (χ1) is 5.79. The topological polar surface area (TPSA) is 64.9 Å². The zero-order valence-electron chi connectivity index (χ0n) is 6.70. The Kier molecular flexibility index (Phi) is 2.81. The van der Waals surface area contributed by atoms with E-state index in [1.807, 2.05) is 6.07 Å². The summed E-state index contributed by atoms with van der Waals surface area (Å²) < 4.78 is 0. The summed E-state index contributed by atoms with van der Waals surface area (Å²) in [7, 11) is 0. The lowest BCUT2D eigenvalue weighted by Gasteiger charge is -2.09. The van der Waals surface area contributed by atoms with Crippen molar-refractivity contribution in [1.29, 1.82) is 0 Å². The zero-order chi connectivity index (χ0) is 8.97. The maximum atomic E-state index is 5.71. The van der Waals surface area contributed by atoms with E-state index in [1.54, 1.807) is 12.3 Å². The van der Waals surface area contributed by atoms with Crippen LogP contribution in [0.1, 0.15) is 17.3 Å². The Hall–Kier alpha value is -1.37. The summed E-state index contributed by atoms with van der Waals surface area (Å²) in [6, 6.07) is 3.43. The number of nitrogens with zero attached hydrogens (tertiary/aromatic N) is 1. The van der Waals surface area contributed by atoms with Crippen LogP contribution in [0, 0.1) is 12.3 Å². The third-order valence-corrected chi connectivity index (χ3v) is 1.63. The lowest BCUT2D eigenvalue weighted by molar-refractivity contribution is 0.730. The van der Waals surface area contributed by atoms with Crippen molar-refractivity contribution >= 4 is 0 Å². The Morgan fingerprint density at radius 3 is 3.00 bits per heavy atom. The van der Waals surface area contributed by atoms with Gasteiger partial charge >= 0.3 is 0 Å². The zero-order valence-corrected chi connectivity index (χ0v) is 6.70. The predicted molar refractivity (Wildman–Crippen MR) is 48.2 cm³/mol. The molecule has 0 saturated carbocycles. The molecule has 12 heavy (non-hydrogen) atoms. The van der Waals surface area contributed by atoms with E-state index in [2.05, 4.69) is 10.9 Å². The van der Waals surface area contributed by atoms with Crippen molar-refractivity contribution in [2.75, 3.05) is 6.54 Å². The molecule has 3 heteroatoms. The monoisotopic (exact) mass is 161 g/mol. The molecule has 3 nitrogen and oxygen atoms in total. The van der Waals surface area contributed by atoms with E-state index in [4.69, 9.17) is 17.9 Å². The molecule has 0 aliphatic rings. The first-order valence-electron chi connectivity index (χ1n) is 3.66. The minimum atomic E-state index is -0.218. The van der Waals surface area contributed by atoms with Gasteiger partial charge in [0.25, 0.3) is 0 Å². The van der Waals surface area contributed by atoms with Gasteiger partial charge in [-0.25, -0.2) is 4.98 Å². The van der Waals surface area contributed by atoms with Gasteiger partial charge in [0.1, 0.15) is 5.69 Å². The number of hydrogen-bond donors (Lipinski definition) is 2. The molecule has 0 spiro atoms. The van der Waals surface area contributed by atoms with E-state index in [0.29, 0.717) is 12.2 Å². The fraction of sp³-hybridized carbons (Fsp3) is 0.222. The summed E-state index contributed by atoms with van der Waals surface area (Å²) in [5.41, 5.74) is 12.5. The first-order valence-corrected chi connectivity index (χ1v) is 3.66. The van der Waals surface area contributed by atoms with Crippen molar-refractivity contribution < 1.29 is 0 Å². The quantitative estimate of drug-likeness (QED) is 0.601. The number of pyridine rings is 1. The molecule has 0 fully saturated rings. The van der Waals surface area contributed by atoms with Crippen molar-refractivity contribution in [3.8, 4) is 12.3 Å². The van der Waals surface area contributed by atoms with Crippen molar-refractivity contribution in [2.24, 2.45) is 11.5 Å². The fourth-order valence-corrected chi connectivity index (χ4v) is 0.965. The van der Waals surface area contributed by atoms with Gasteiger partial charge in [-0.2, -0.15) is 0 Å². The Morgan fingerprint density at radius 2 is 2.42 bits per heavy atom. The highest BCUT2D eigenvalue weighted by Gasteiger charge is 2.07. The Morgan fingerprint density at radius 1 is 1.67 bits per heavy atom. The van der Waals surface area contributed by atoms with Crippen LogP contribution in [0.4, 0.5) is 0 Å². The van der Waals surface area contributed by atoms with Gasteiger partial charge in [-0.05, 0) is 12.0 Å². The lowest BCUT2D eigenvalue weighted by Crippen LogP contribution is -2.21. The molecule has 62 valence electrons. The van der Waals surface area contributed by atoms with Gasteiger partial charge in [0.2, 0.25) is 0 Å². The second kappa shape index (κ2) is 3.86. The molecule has 0 unspecified atom stereocenters. The molecule has 0 aromatic carbocycles. The molecular formula is C9H11N3. The SMILES string of the molecule is C#Cc1ncccc1[C@H](N)CN. The Bertz CT molecular complexity index is 301. The van der Waals surface area contributed by atoms with Gasteiger partial charge in [0.15, 0.2) is 0 Å². The number of hydrogen-bond acceptors (Lipinski definition) is 3. The van der Waals surface area contributed by atoms with Crippen LogP contribution >= 0.6 is 0 Å². The van der Waals surface area contributed by atoms with Gasteiger partial charge in [0.05, 0.1) is 0 Å². The normalized spacial score (nSPS) is 12.1. The molecule has 1 aromatic heterocycles. The largest absolute Gasteiger partial charge is 0.329 e. The maximum absolute atomic E-state index is 5.71. The van der Waals surface area contributed by atoms with Crippen LogP contribution in [0.5, 0.6) is 0 Å². The summed E-state index contributed by atoms with van der Waals surface area (Å²) >= 11 is 0. The van der Waals surface area contributed by atoms with Crippen molar-refractivity contribution in [3.05, 3.63) is 29.6 Å². The van der Waals surface area contributed by atoms with Crippen LogP contribution in [0.25, 0.3) is 0 Å². The van der Waals surface area contributed by atoms with Crippen LogP contribution < -0.4 is 11.5 Å². The summed E-state index contributed by atoms with van der Waals surface area (Å²) in [6.45, 7) is 0.375. The van der Waals surface area contributed by atoms with Crippen molar-refractivity contribution in [2.45, 2.75) is 6.04 Å². The molecule has 0 radical (unpaired) electrons. The number of terminal acetylenes is 1. The van der Waals surface area contributed by atoms with Gasteiger partial charge in [-0.15, -0.1) is 6.42 Å². The Balaban J connectivity index is 3.07. The van der Waals surface area contributed by atoms with E-state index < -0.39 is 0 Å². The molecule has 0 aliphatic carbocycles. The number of rotatable bonds is 2. The highest BCUT2D eigenvalue weighted by molar-refractivity contribution is 5.35. The smallest absolute Gasteiger partial charge is 0.117 e. The molecule has 0 aliphatic heterocycles. The Labute approximate surface area is 71.8 Å². The average Bonchev–Trinajstić information content (AvgIpc) is 2.16. The van der Waals surface area contributed by atoms with Crippen molar-refractivity contribution in [1.82, 2.24) is 4.98 Å². The molecule has 0 saturated heterocycles. The summed E-state index contributed by atoms with van der Waals surface area (Å²) in [5.74, 6) is 2.46. The van der Waals surface area contributed by atoms with Crippen LogP contribution in [0.3, 0.4) is 0 Å². The molecule has 1 aromatic rings. The number of aromatic nitrogens is 1. The van der Waals surface area contributed by atoms with Gasteiger partial charge in [-0.1, -0.05) is 6.07 Å². The maximum Gasteiger partial charge on any atom is 0.117 e. The molecule has 1 atom stereocenters. The van der Waals surface area contributed by atoms with E-state index in [-0.39, 0.29) is 6.04 Å². The highest BCUT2D eigenvalue weighted by Crippen LogP contribution is 2.11. The fourth-order valence-electron chi connectivity index (χ4n) is 0.965. The molecular weight excluding hydrogens is 150 g/mol. The van der Waals surface area contributed by atoms with Crippen molar-refractivity contribution in [3.63, 3.8) is 0 Å². The second-order valence-corrected chi connectivity index (χ2v) is 2.43. The summed E-state index contributed by atoms with van der Waals surface area (Å²) in [4.78, 5) is 3.99. The van der Waals surface area contributed by atoms with E-state index in [9.17, 15) is 0 Å². The molecule has 1 heterocycles. The first kappa shape index (κ1) is 8.72. The molecule has 0 bridgehead atoms. The summed E-state index contributed by atoms with van der Waals surface area (Å²) in [6.07, 6.45) is 6.88. The third kappa shape index (κ3) is 1.62. The third-order valence-electron chi connectivity index (χ3n) is 1.63. The van der Waals surface area contributed by atoms with Gasteiger partial charge in [0, 0.05) is 24.3 Å². The van der Waals surface area contributed by atoms with E-state index in [1.165, 1.54) is 0 Å². The lowest BCUT2D eigenvalue weighted by atomic mass is 10.1. The number of nitrogens with two attached hydrogens (primary N) is 2. The average molecular weight is 161 g/mol. The van der Waals surface area contributed by atoms with Crippen LogP contribution in [-0.4, -0.2) is 11.5 Å². The van der Waals surface area contributed by atoms with Crippen LogP contribution in [0.15, 0.2) is 18.3 Å². The predicted octanol–water partition coefficient (Wildman–Crippen LogP) is 0.0214. The second-order valence-electron chi connectivity index (χ2n) is 2.43. The minimum absolute atomic E-state index is 0.218. The minimum Gasteiger partial charge on any atom is -0.329 e. The molecule has 1 rings (SSSR count). The van der Waals surface area contributed by atoms with Crippen LogP contribution in [-0.2, 0) is 0 Å². The van der Waals surface area contributed by atoms with Gasteiger partial charge in [-0.3, -0.25) is 0 Å². The van der Waals surface area contributed by atoms with E-state index in [0.717, 1.165) is 5.56 Å². The highest BCUT2D eigenvalue weighted by atomic mass is 14.7. The standard InChI is InChI=1S/C9H11N3/c1-2-9-7(8(11)6-10)4-3-5-12-9/h1,3-5,8H,6,10-11H2/t8-/m1/s1. The van der Waals surface area contributed by atoms with Crippen LogP contribution in [0.2, 0.25) is 0 Å². The summed E-state index contributed by atoms with van der Waals surface area (Å²) in [5, 5.41) is 0.